The molecule has 2 aromatic carbocycles. The summed E-state index contributed by atoms with van der Waals surface area (Å²) in [6.07, 6.45) is 2.56. The third kappa shape index (κ3) is 3.74. The minimum atomic E-state index is -0.771. The lowest BCUT2D eigenvalue weighted by molar-refractivity contribution is -0.147. The Morgan fingerprint density at radius 1 is 1.20 bits per heavy atom. The molecular weight excluding hydrogens is 403 g/mol. The zero-order chi connectivity index (χ0) is 20.7. The van der Waals surface area contributed by atoms with Crippen LogP contribution in [-0.4, -0.2) is 34.0 Å². The molecule has 0 spiro atoms. The Labute approximate surface area is 176 Å². The second-order valence-corrected chi connectivity index (χ2v) is 8.61. The maximum Gasteiger partial charge on any atom is 0.309 e. The lowest BCUT2D eigenvalue weighted by atomic mass is 9.99. The van der Waals surface area contributed by atoms with Crippen molar-refractivity contribution in [3.05, 3.63) is 76.0 Å². The van der Waals surface area contributed by atoms with Gasteiger partial charge in [-0.2, -0.15) is 0 Å². The Balaban J connectivity index is 1.34. The number of nitrogens with zero attached hydrogens (tertiary/aromatic N) is 2. The summed E-state index contributed by atoms with van der Waals surface area (Å²) in [6, 6.07) is 12.9. The van der Waals surface area contributed by atoms with Crippen molar-refractivity contribution in [2.75, 3.05) is 13.1 Å². The summed E-state index contributed by atoms with van der Waals surface area (Å²) in [5.41, 5.74) is 3.09. The number of halogens is 1. The van der Waals surface area contributed by atoms with Gasteiger partial charge in [0.25, 0.3) is 0 Å². The highest BCUT2D eigenvalue weighted by Gasteiger charge is 2.32. The van der Waals surface area contributed by atoms with Gasteiger partial charge in [0.2, 0.25) is 0 Å². The van der Waals surface area contributed by atoms with Gasteiger partial charge in [-0.25, -0.2) is 9.37 Å². The molecule has 0 aliphatic carbocycles. The molecule has 0 saturated carbocycles. The van der Waals surface area contributed by atoms with Crippen molar-refractivity contribution in [2.45, 2.75) is 13.0 Å². The Bertz CT molecular complexity index is 1210. The van der Waals surface area contributed by atoms with Crippen LogP contribution < -0.4 is 0 Å². The van der Waals surface area contributed by atoms with Crippen LogP contribution in [0.3, 0.4) is 0 Å². The van der Waals surface area contributed by atoms with Crippen LogP contribution in [0.25, 0.3) is 22.3 Å². The molecule has 1 fully saturated rings. The lowest BCUT2D eigenvalue weighted by Crippen LogP contribution is -2.49. The Morgan fingerprint density at radius 3 is 2.77 bits per heavy atom. The molecule has 2 aromatic heterocycles. The van der Waals surface area contributed by atoms with Crippen LogP contribution >= 0.6 is 11.3 Å². The summed E-state index contributed by atoms with van der Waals surface area (Å²) in [4.78, 5) is 17.2. The fraction of sp³-hybridized carbons (Fsp3) is 0.217. The van der Waals surface area contributed by atoms with E-state index >= 15 is 0 Å². The van der Waals surface area contributed by atoms with Crippen molar-refractivity contribution in [2.24, 2.45) is 5.92 Å². The molecule has 0 atom stereocenters. The van der Waals surface area contributed by atoms with E-state index in [1.54, 1.807) is 23.6 Å². The number of rotatable bonds is 6. The van der Waals surface area contributed by atoms with E-state index in [1.807, 2.05) is 34.5 Å². The molecule has 5 rings (SSSR count). The third-order valence-corrected chi connectivity index (χ3v) is 6.21. The van der Waals surface area contributed by atoms with Gasteiger partial charge in [-0.1, -0.05) is 12.1 Å². The summed E-state index contributed by atoms with van der Waals surface area (Å²) >= 11 is 1.62. The number of aliphatic carboxylic acids is 1. The first kappa shape index (κ1) is 19.0. The van der Waals surface area contributed by atoms with Gasteiger partial charge in [0.05, 0.1) is 16.5 Å². The number of hydrogen-bond donors (Lipinski definition) is 1. The maximum atomic E-state index is 14.8. The second kappa shape index (κ2) is 7.66. The van der Waals surface area contributed by atoms with Gasteiger partial charge in [0.15, 0.2) is 0 Å². The van der Waals surface area contributed by atoms with Crippen LogP contribution in [-0.2, 0) is 17.8 Å². The monoisotopic (exact) mass is 422 g/mol. The molecule has 30 heavy (non-hydrogen) atoms. The largest absolute Gasteiger partial charge is 0.481 e. The van der Waals surface area contributed by atoms with E-state index in [0.29, 0.717) is 31.0 Å². The molecular formula is C23H19FN2O3S. The van der Waals surface area contributed by atoms with Gasteiger partial charge in [0.1, 0.15) is 17.2 Å². The van der Waals surface area contributed by atoms with Crippen molar-refractivity contribution >= 4 is 28.3 Å². The van der Waals surface area contributed by atoms with E-state index in [-0.39, 0.29) is 11.7 Å². The smallest absolute Gasteiger partial charge is 0.309 e. The number of hydrogen-bond acceptors (Lipinski definition) is 5. The SMILES string of the molecule is O=C(O)C1CN(Cc2ccc(-c3cc4cc(Cc5nccs5)ccc4o3)c(F)c2)C1. The van der Waals surface area contributed by atoms with Crippen LogP contribution in [0.2, 0.25) is 0 Å². The quantitative estimate of drug-likeness (QED) is 0.483. The fourth-order valence-corrected chi connectivity index (χ4v) is 4.47. The first-order valence-electron chi connectivity index (χ1n) is 9.70. The summed E-state index contributed by atoms with van der Waals surface area (Å²) in [7, 11) is 0. The average molecular weight is 422 g/mol. The van der Waals surface area contributed by atoms with Crippen molar-refractivity contribution in [3.63, 3.8) is 0 Å². The van der Waals surface area contributed by atoms with Gasteiger partial charge in [-0.15, -0.1) is 11.3 Å². The number of benzene rings is 2. The van der Waals surface area contributed by atoms with Gasteiger partial charge in [0, 0.05) is 43.0 Å². The van der Waals surface area contributed by atoms with E-state index in [9.17, 15) is 9.18 Å². The van der Waals surface area contributed by atoms with Gasteiger partial charge >= 0.3 is 5.97 Å². The first-order chi connectivity index (χ1) is 14.5. The average Bonchev–Trinajstić information content (AvgIpc) is 3.33. The van der Waals surface area contributed by atoms with E-state index in [0.717, 1.165) is 33.5 Å². The number of carbonyl (C=O) groups is 1. The molecule has 1 N–H and O–H groups in total. The van der Waals surface area contributed by atoms with Gasteiger partial charge in [-0.3, -0.25) is 9.69 Å². The number of thiazole rings is 1. The van der Waals surface area contributed by atoms with Crippen LogP contribution in [0.15, 0.2) is 58.5 Å². The lowest BCUT2D eigenvalue weighted by Gasteiger charge is -2.36. The molecule has 1 aliphatic rings. The molecule has 7 heteroatoms. The van der Waals surface area contributed by atoms with Gasteiger partial charge < -0.3 is 9.52 Å². The van der Waals surface area contributed by atoms with Crippen LogP contribution in [0.1, 0.15) is 16.1 Å². The molecule has 0 bridgehead atoms. The zero-order valence-electron chi connectivity index (χ0n) is 16.0. The number of fused-ring (bicyclic) bond motifs is 1. The highest BCUT2D eigenvalue weighted by atomic mass is 32.1. The molecule has 1 aliphatic heterocycles. The van der Waals surface area contributed by atoms with E-state index < -0.39 is 5.97 Å². The predicted molar refractivity (Wildman–Crippen MR) is 113 cm³/mol. The number of carboxylic acids is 1. The molecule has 5 nitrogen and oxygen atoms in total. The van der Waals surface area contributed by atoms with E-state index in [1.165, 1.54) is 6.07 Å². The number of likely N-dealkylation sites (tertiary alicyclic amines) is 1. The van der Waals surface area contributed by atoms with Crippen molar-refractivity contribution in [1.29, 1.82) is 0 Å². The van der Waals surface area contributed by atoms with E-state index in [2.05, 4.69) is 11.1 Å². The molecule has 3 heterocycles. The predicted octanol–water partition coefficient (Wildman–Crippen LogP) is 4.80. The molecule has 0 unspecified atom stereocenters. The molecule has 4 aromatic rings. The number of aromatic nitrogens is 1. The highest BCUT2D eigenvalue weighted by molar-refractivity contribution is 7.09. The van der Waals surface area contributed by atoms with Crippen molar-refractivity contribution in [1.82, 2.24) is 9.88 Å². The standard InChI is InChI=1S/C23H19FN2O3S/c24-19-8-15(11-26-12-17(13-26)23(27)28)1-3-18(19)21-10-16-7-14(2-4-20(16)29-21)9-22-25-5-6-30-22/h1-8,10,17H,9,11-13H2,(H,27,28). The normalized spacial score (nSPS) is 14.8. The minimum absolute atomic E-state index is 0.315. The Hall–Kier alpha value is -3.03. The summed E-state index contributed by atoms with van der Waals surface area (Å²) in [5, 5.41) is 12.9. The van der Waals surface area contributed by atoms with Crippen LogP contribution in [0.4, 0.5) is 4.39 Å². The Morgan fingerprint density at radius 2 is 2.03 bits per heavy atom. The molecule has 0 amide bonds. The fourth-order valence-electron chi connectivity index (χ4n) is 3.82. The maximum absolute atomic E-state index is 14.8. The number of furan rings is 1. The van der Waals surface area contributed by atoms with Crippen molar-refractivity contribution in [3.8, 4) is 11.3 Å². The van der Waals surface area contributed by atoms with Crippen LogP contribution in [0, 0.1) is 11.7 Å². The third-order valence-electron chi connectivity index (χ3n) is 5.43. The first-order valence-corrected chi connectivity index (χ1v) is 10.6. The highest BCUT2D eigenvalue weighted by Crippen LogP contribution is 2.31. The molecule has 152 valence electrons. The topological polar surface area (TPSA) is 66.6 Å². The number of carboxylic acid groups (broad SMARTS) is 1. The second-order valence-electron chi connectivity index (χ2n) is 7.63. The van der Waals surface area contributed by atoms with E-state index in [4.69, 9.17) is 9.52 Å². The zero-order valence-corrected chi connectivity index (χ0v) is 16.9. The summed E-state index contributed by atoms with van der Waals surface area (Å²) < 4.78 is 20.7. The molecule has 0 radical (unpaired) electrons. The van der Waals surface area contributed by atoms with Crippen LogP contribution in [0.5, 0.6) is 0 Å². The minimum Gasteiger partial charge on any atom is -0.481 e. The molecule has 1 saturated heterocycles. The summed E-state index contributed by atoms with van der Waals surface area (Å²) in [5.74, 6) is -0.933. The summed E-state index contributed by atoms with van der Waals surface area (Å²) in [6.45, 7) is 1.55. The van der Waals surface area contributed by atoms with Gasteiger partial charge in [-0.05, 0) is 41.5 Å². The van der Waals surface area contributed by atoms with Crippen molar-refractivity contribution < 1.29 is 18.7 Å². The Kier molecular flexibility index (Phi) is 4.84.